The standard InChI is InChI=1S/C15H18N6/c1-3-9-16-14-10-15(18-13(4-2)17-14)21-12-8-6-5-7-11(12)19-20-21/h5-8,10H,3-4,9H2,1-2H3,(H,16,17,18). The molecule has 0 atom stereocenters. The van der Waals surface area contributed by atoms with E-state index in [9.17, 15) is 0 Å². The summed E-state index contributed by atoms with van der Waals surface area (Å²) in [5.41, 5.74) is 1.80. The van der Waals surface area contributed by atoms with Gasteiger partial charge in [0.05, 0.1) is 5.52 Å². The first-order chi connectivity index (χ1) is 10.3. The van der Waals surface area contributed by atoms with Crippen LogP contribution < -0.4 is 5.32 Å². The SMILES string of the molecule is CCCNc1cc(-n2nnc3ccccc32)nc(CC)n1. The highest BCUT2D eigenvalue weighted by Crippen LogP contribution is 2.17. The summed E-state index contributed by atoms with van der Waals surface area (Å²) in [5, 5.41) is 11.7. The Balaban J connectivity index is 2.08. The van der Waals surface area contributed by atoms with Gasteiger partial charge in [0.15, 0.2) is 5.82 Å². The molecule has 0 aliphatic carbocycles. The molecule has 0 fully saturated rings. The lowest BCUT2D eigenvalue weighted by molar-refractivity contribution is 0.781. The molecule has 0 aliphatic rings. The minimum Gasteiger partial charge on any atom is -0.370 e. The first-order valence-corrected chi connectivity index (χ1v) is 7.24. The van der Waals surface area contributed by atoms with E-state index in [-0.39, 0.29) is 0 Å². The number of fused-ring (bicyclic) bond motifs is 1. The van der Waals surface area contributed by atoms with Gasteiger partial charge in [-0.3, -0.25) is 0 Å². The Morgan fingerprint density at radius 3 is 2.81 bits per heavy atom. The number of aromatic nitrogens is 5. The minimum absolute atomic E-state index is 0.745. The summed E-state index contributed by atoms with van der Waals surface area (Å²) in [6.07, 6.45) is 1.83. The summed E-state index contributed by atoms with van der Waals surface area (Å²) < 4.78 is 1.76. The summed E-state index contributed by atoms with van der Waals surface area (Å²) >= 11 is 0. The highest BCUT2D eigenvalue weighted by Gasteiger charge is 2.10. The molecule has 0 unspecified atom stereocenters. The second kappa shape index (κ2) is 5.87. The molecular formula is C15H18N6. The molecular weight excluding hydrogens is 264 g/mol. The molecule has 0 radical (unpaired) electrons. The summed E-state index contributed by atoms with van der Waals surface area (Å²) in [6, 6.07) is 9.77. The second-order valence-electron chi connectivity index (χ2n) is 4.80. The van der Waals surface area contributed by atoms with Crippen LogP contribution in [0, 0.1) is 0 Å². The molecule has 2 heterocycles. The summed E-state index contributed by atoms with van der Waals surface area (Å²) in [4.78, 5) is 9.06. The quantitative estimate of drug-likeness (QED) is 0.779. The van der Waals surface area contributed by atoms with Crippen LogP contribution in [0.25, 0.3) is 16.9 Å². The highest BCUT2D eigenvalue weighted by atomic mass is 15.4. The summed E-state index contributed by atoms with van der Waals surface area (Å²) in [5.74, 6) is 2.37. The van der Waals surface area contributed by atoms with E-state index in [1.165, 1.54) is 0 Å². The lowest BCUT2D eigenvalue weighted by Crippen LogP contribution is -2.09. The number of anilines is 1. The molecule has 0 amide bonds. The third-order valence-electron chi connectivity index (χ3n) is 3.20. The van der Waals surface area contributed by atoms with Crippen LogP contribution in [0.1, 0.15) is 26.1 Å². The maximum Gasteiger partial charge on any atom is 0.161 e. The maximum absolute atomic E-state index is 4.56. The van der Waals surface area contributed by atoms with E-state index in [1.54, 1.807) is 4.68 Å². The lowest BCUT2D eigenvalue weighted by Gasteiger charge is -2.08. The average molecular weight is 282 g/mol. The zero-order chi connectivity index (χ0) is 14.7. The molecule has 6 nitrogen and oxygen atoms in total. The van der Waals surface area contributed by atoms with Crippen molar-refractivity contribution in [2.75, 3.05) is 11.9 Å². The Labute approximate surface area is 123 Å². The van der Waals surface area contributed by atoms with Crippen LogP contribution in [0.3, 0.4) is 0 Å². The van der Waals surface area contributed by atoms with Crippen molar-refractivity contribution in [3.8, 4) is 5.82 Å². The Morgan fingerprint density at radius 1 is 1.14 bits per heavy atom. The van der Waals surface area contributed by atoms with Gasteiger partial charge < -0.3 is 5.32 Å². The molecule has 1 aromatic carbocycles. The molecule has 2 aromatic heterocycles. The second-order valence-corrected chi connectivity index (χ2v) is 4.80. The molecule has 0 saturated heterocycles. The van der Waals surface area contributed by atoms with Crippen LogP contribution in [0.5, 0.6) is 0 Å². The number of para-hydroxylation sites is 1. The van der Waals surface area contributed by atoms with Crippen molar-refractivity contribution in [3.63, 3.8) is 0 Å². The number of hydrogen-bond acceptors (Lipinski definition) is 5. The van der Waals surface area contributed by atoms with Crippen molar-refractivity contribution in [1.82, 2.24) is 25.0 Å². The molecule has 108 valence electrons. The third-order valence-corrected chi connectivity index (χ3v) is 3.20. The Hall–Kier alpha value is -2.50. The smallest absolute Gasteiger partial charge is 0.161 e. The fourth-order valence-corrected chi connectivity index (χ4v) is 2.13. The number of nitrogens with one attached hydrogen (secondary N) is 1. The molecule has 1 N–H and O–H groups in total. The van der Waals surface area contributed by atoms with Gasteiger partial charge in [-0.25, -0.2) is 9.97 Å². The van der Waals surface area contributed by atoms with Crippen molar-refractivity contribution < 1.29 is 0 Å². The zero-order valence-electron chi connectivity index (χ0n) is 12.2. The van der Waals surface area contributed by atoms with Gasteiger partial charge in [-0.15, -0.1) is 5.10 Å². The third kappa shape index (κ3) is 2.69. The molecule has 3 aromatic rings. The first kappa shape index (κ1) is 13.5. The van der Waals surface area contributed by atoms with E-state index in [0.717, 1.165) is 47.9 Å². The molecule has 0 spiro atoms. The van der Waals surface area contributed by atoms with Crippen molar-refractivity contribution in [1.29, 1.82) is 0 Å². The van der Waals surface area contributed by atoms with E-state index in [2.05, 4.69) is 32.5 Å². The number of nitrogens with zero attached hydrogens (tertiary/aromatic N) is 5. The van der Waals surface area contributed by atoms with Crippen molar-refractivity contribution in [2.45, 2.75) is 26.7 Å². The van der Waals surface area contributed by atoms with Crippen LogP contribution >= 0.6 is 0 Å². The van der Waals surface area contributed by atoms with Crippen molar-refractivity contribution >= 4 is 16.9 Å². The topological polar surface area (TPSA) is 68.5 Å². The number of rotatable bonds is 5. The van der Waals surface area contributed by atoms with Crippen molar-refractivity contribution in [3.05, 3.63) is 36.2 Å². The molecule has 0 bridgehead atoms. The summed E-state index contributed by atoms with van der Waals surface area (Å²) in [6.45, 7) is 5.06. The summed E-state index contributed by atoms with van der Waals surface area (Å²) in [7, 11) is 0. The number of hydrogen-bond donors (Lipinski definition) is 1. The van der Waals surface area contributed by atoms with E-state index < -0.39 is 0 Å². The number of benzene rings is 1. The van der Waals surface area contributed by atoms with Gasteiger partial charge in [-0.1, -0.05) is 31.2 Å². The first-order valence-electron chi connectivity index (χ1n) is 7.24. The van der Waals surface area contributed by atoms with Crippen LogP contribution in [0.4, 0.5) is 5.82 Å². The minimum atomic E-state index is 0.745. The monoisotopic (exact) mass is 282 g/mol. The van der Waals surface area contributed by atoms with Gasteiger partial charge in [0.2, 0.25) is 0 Å². The average Bonchev–Trinajstić information content (AvgIpc) is 2.96. The van der Waals surface area contributed by atoms with Crippen LogP contribution in [-0.4, -0.2) is 31.5 Å². The normalized spacial score (nSPS) is 11.0. The molecule has 6 heteroatoms. The maximum atomic E-state index is 4.56. The van der Waals surface area contributed by atoms with Crippen LogP contribution in [0.2, 0.25) is 0 Å². The van der Waals surface area contributed by atoms with E-state index >= 15 is 0 Å². The molecule has 21 heavy (non-hydrogen) atoms. The van der Waals surface area contributed by atoms with E-state index in [1.807, 2.05) is 37.3 Å². The zero-order valence-corrected chi connectivity index (χ0v) is 12.2. The van der Waals surface area contributed by atoms with E-state index in [4.69, 9.17) is 0 Å². The van der Waals surface area contributed by atoms with Crippen molar-refractivity contribution in [2.24, 2.45) is 0 Å². The predicted molar refractivity (Wildman–Crippen MR) is 82.6 cm³/mol. The molecule has 0 aliphatic heterocycles. The number of aryl methyl sites for hydroxylation is 1. The van der Waals surface area contributed by atoms with Gasteiger partial charge in [0.25, 0.3) is 0 Å². The lowest BCUT2D eigenvalue weighted by atomic mass is 10.3. The Morgan fingerprint density at radius 2 is 2.00 bits per heavy atom. The van der Waals surface area contributed by atoms with Gasteiger partial charge in [0.1, 0.15) is 17.2 Å². The van der Waals surface area contributed by atoms with Gasteiger partial charge in [-0.2, -0.15) is 4.68 Å². The molecule has 0 saturated carbocycles. The largest absolute Gasteiger partial charge is 0.370 e. The predicted octanol–water partition coefficient (Wildman–Crippen LogP) is 2.59. The molecule has 3 rings (SSSR count). The fraction of sp³-hybridized carbons (Fsp3) is 0.333. The highest BCUT2D eigenvalue weighted by molar-refractivity contribution is 5.75. The Kier molecular flexibility index (Phi) is 3.77. The van der Waals surface area contributed by atoms with E-state index in [0.29, 0.717) is 0 Å². The Bertz CT molecular complexity index is 749. The van der Waals surface area contributed by atoms with Gasteiger partial charge in [0, 0.05) is 19.0 Å². The van der Waals surface area contributed by atoms with Gasteiger partial charge >= 0.3 is 0 Å². The van der Waals surface area contributed by atoms with Gasteiger partial charge in [-0.05, 0) is 18.6 Å². The fourth-order valence-electron chi connectivity index (χ4n) is 2.13. The van der Waals surface area contributed by atoms with Crippen LogP contribution in [-0.2, 0) is 6.42 Å². The van der Waals surface area contributed by atoms with Crippen LogP contribution in [0.15, 0.2) is 30.3 Å².